The van der Waals surface area contributed by atoms with Gasteiger partial charge in [0.25, 0.3) is 0 Å². The number of nitrogens with zero attached hydrogens (tertiary/aromatic N) is 4. The Hall–Kier alpha value is -3.62. The minimum atomic E-state index is -0.341. The number of hydrogen-bond donors (Lipinski definition) is 1. The van der Waals surface area contributed by atoms with Gasteiger partial charge in [0.15, 0.2) is 0 Å². The summed E-state index contributed by atoms with van der Waals surface area (Å²) in [6.45, 7) is 2.88. The molecule has 1 aliphatic rings. The summed E-state index contributed by atoms with van der Waals surface area (Å²) in [6.07, 6.45) is 3.64. The first kappa shape index (κ1) is 21.6. The molecule has 2 amide bonds. The average Bonchev–Trinajstić information content (AvgIpc) is 3.28. The van der Waals surface area contributed by atoms with Crippen LogP contribution in [0.1, 0.15) is 30.7 Å². The number of rotatable bonds is 6. The Balaban J connectivity index is 1.30. The fourth-order valence-electron chi connectivity index (χ4n) is 3.70. The number of hydrogen-bond acceptors (Lipinski definition) is 6. The third-order valence-corrected chi connectivity index (χ3v) is 5.52. The second kappa shape index (κ2) is 9.67. The van der Waals surface area contributed by atoms with E-state index in [1.54, 1.807) is 23.2 Å². The summed E-state index contributed by atoms with van der Waals surface area (Å²) >= 11 is 0. The van der Waals surface area contributed by atoms with E-state index in [1.165, 1.54) is 12.1 Å². The number of aryl methyl sites for hydroxylation is 2. The number of halogens is 1. The van der Waals surface area contributed by atoms with Crippen LogP contribution in [0.25, 0.3) is 11.4 Å². The van der Waals surface area contributed by atoms with Gasteiger partial charge in [-0.3, -0.25) is 9.59 Å². The molecule has 1 fully saturated rings. The summed E-state index contributed by atoms with van der Waals surface area (Å²) in [5.41, 5.74) is 1.53. The van der Waals surface area contributed by atoms with Crippen molar-refractivity contribution in [3.05, 3.63) is 59.9 Å². The average molecular weight is 437 g/mol. The Morgan fingerprint density at radius 3 is 2.84 bits per heavy atom. The first-order valence-electron chi connectivity index (χ1n) is 10.6. The maximum atomic E-state index is 13.1. The molecule has 1 atom stereocenters. The summed E-state index contributed by atoms with van der Waals surface area (Å²) in [4.78, 5) is 35.6. The van der Waals surface area contributed by atoms with Crippen LogP contribution in [0.3, 0.4) is 0 Å². The Bertz CT molecular complexity index is 1100. The van der Waals surface area contributed by atoms with E-state index in [0.29, 0.717) is 42.6 Å². The molecular weight excluding hydrogens is 413 g/mol. The maximum absolute atomic E-state index is 13.1. The maximum Gasteiger partial charge on any atom is 0.230 e. The number of amides is 2. The Kier molecular flexibility index (Phi) is 6.53. The molecule has 0 aliphatic carbocycles. The minimum Gasteiger partial charge on any atom is -0.342 e. The second-order valence-electron chi connectivity index (χ2n) is 7.86. The highest BCUT2D eigenvalue weighted by atomic mass is 19.1. The number of carbonyl (C=O) groups is 2. The predicted octanol–water partition coefficient (Wildman–Crippen LogP) is 3.39. The van der Waals surface area contributed by atoms with E-state index in [1.807, 2.05) is 19.1 Å². The van der Waals surface area contributed by atoms with Crippen molar-refractivity contribution in [2.24, 2.45) is 5.92 Å². The van der Waals surface area contributed by atoms with Gasteiger partial charge in [-0.1, -0.05) is 11.2 Å². The van der Waals surface area contributed by atoms with E-state index in [2.05, 4.69) is 20.4 Å². The molecule has 3 heterocycles. The molecule has 166 valence electrons. The van der Waals surface area contributed by atoms with Gasteiger partial charge in [0.1, 0.15) is 11.6 Å². The van der Waals surface area contributed by atoms with Crippen LogP contribution in [0.5, 0.6) is 0 Å². The summed E-state index contributed by atoms with van der Waals surface area (Å²) in [7, 11) is 0. The molecule has 1 saturated heterocycles. The number of carbonyl (C=O) groups excluding carboxylic acids is 2. The van der Waals surface area contributed by atoms with Crippen molar-refractivity contribution in [3.63, 3.8) is 0 Å². The van der Waals surface area contributed by atoms with Crippen LogP contribution in [-0.2, 0) is 16.0 Å². The zero-order valence-electron chi connectivity index (χ0n) is 17.8. The summed E-state index contributed by atoms with van der Waals surface area (Å²) in [6, 6.07) is 9.50. The van der Waals surface area contributed by atoms with Crippen molar-refractivity contribution in [1.82, 2.24) is 20.0 Å². The van der Waals surface area contributed by atoms with Gasteiger partial charge in [-0.2, -0.15) is 4.98 Å². The van der Waals surface area contributed by atoms with Crippen LogP contribution >= 0.6 is 0 Å². The molecule has 2 aromatic heterocycles. The first-order chi connectivity index (χ1) is 15.5. The van der Waals surface area contributed by atoms with Crippen molar-refractivity contribution in [2.75, 3.05) is 18.4 Å². The van der Waals surface area contributed by atoms with Crippen LogP contribution in [0, 0.1) is 18.7 Å². The fraction of sp³-hybridized carbons (Fsp3) is 0.348. The highest BCUT2D eigenvalue weighted by Gasteiger charge is 2.29. The quantitative estimate of drug-likeness (QED) is 0.634. The molecule has 0 radical (unpaired) electrons. The molecular formula is C23H24FN5O3. The topological polar surface area (TPSA) is 101 Å². The molecule has 3 aromatic rings. The lowest BCUT2D eigenvalue weighted by Crippen LogP contribution is -2.44. The van der Waals surface area contributed by atoms with Crippen LogP contribution in [-0.4, -0.2) is 44.9 Å². The van der Waals surface area contributed by atoms with Gasteiger partial charge in [-0.15, -0.1) is 0 Å². The number of likely N-dealkylation sites (tertiary alicyclic amines) is 1. The van der Waals surface area contributed by atoms with E-state index in [-0.39, 0.29) is 30.0 Å². The standard InChI is InChI=1S/C23H24FN5O3/c1-15-4-2-12-25-21(15)27-23(31)17-5-3-13-29(14-17)20(30)11-10-19-26-22(28-32-19)16-6-8-18(24)9-7-16/h2,4,6-9,12,17H,3,5,10-11,13-14H2,1H3,(H,25,27,31). The predicted molar refractivity (Wildman–Crippen MR) is 115 cm³/mol. The molecule has 1 unspecified atom stereocenters. The summed E-state index contributed by atoms with van der Waals surface area (Å²) in [5, 5.41) is 6.77. The number of pyridine rings is 1. The molecule has 1 aromatic carbocycles. The lowest BCUT2D eigenvalue weighted by molar-refractivity contribution is -0.134. The molecule has 8 nitrogen and oxygen atoms in total. The number of piperidine rings is 1. The molecule has 0 saturated carbocycles. The number of benzene rings is 1. The zero-order valence-corrected chi connectivity index (χ0v) is 17.8. The third kappa shape index (κ3) is 5.16. The smallest absolute Gasteiger partial charge is 0.230 e. The summed E-state index contributed by atoms with van der Waals surface area (Å²) < 4.78 is 18.3. The fourth-order valence-corrected chi connectivity index (χ4v) is 3.70. The number of aromatic nitrogens is 3. The molecule has 0 spiro atoms. The highest BCUT2D eigenvalue weighted by molar-refractivity contribution is 5.93. The van der Waals surface area contributed by atoms with Gasteiger partial charge in [0, 0.05) is 37.7 Å². The molecule has 9 heteroatoms. The van der Waals surface area contributed by atoms with Crippen LogP contribution in [0.15, 0.2) is 47.1 Å². The Morgan fingerprint density at radius 1 is 1.25 bits per heavy atom. The zero-order chi connectivity index (χ0) is 22.5. The Labute approximate surface area is 184 Å². The lowest BCUT2D eigenvalue weighted by Gasteiger charge is -2.32. The van der Waals surface area contributed by atoms with Crippen molar-refractivity contribution in [2.45, 2.75) is 32.6 Å². The summed E-state index contributed by atoms with van der Waals surface area (Å²) in [5.74, 6) is 0.452. The molecule has 4 rings (SSSR count). The van der Waals surface area contributed by atoms with Crippen molar-refractivity contribution < 1.29 is 18.5 Å². The lowest BCUT2D eigenvalue weighted by atomic mass is 9.96. The van der Waals surface area contributed by atoms with Gasteiger partial charge in [-0.25, -0.2) is 9.37 Å². The molecule has 1 aliphatic heterocycles. The second-order valence-corrected chi connectivity index (χ2v) is 7.86. The largest absolute Gasteiger partial charge is 0.342 e. The van der Waals surface area contributed by atoms with Gasteiger partial charge in [-0.05, 0) is 55.7 Å². The molecule has 1 N–H and O–H groups in total. The van der Waals surface area contributed by atoms with E-state index in [9.17, 15) is 14.0 Å². The molecule has 0 bridgehead atoms. The first-order valence-corrected chi connectivity index (χ1v) is 10.6. The number of nitrogens with one attached hydrogen (secondary N) is 1. The van der Waals surface area contributed by atoms with Gasteiger partial charge >= 0.3 is 0 Å². The van der Waals surface area contributed by atoms with Crippen LogP contribution < -0.4 is 5.32 Å². The van der Waals surface area contributed by atoms with E-state index in [0.717, 1.165) is 18.4 Å². The van der Waals surface area contributed by atoms with Gasteiger partial charge in [0.2, 0.25) is 23.5 Å². The monoisotopic (exact) mass is 437 g/mol. The van der Waals surface area contributed by atoms with Crippen molar-refractivity contribution >= 4 is 17.6 Å². The highest BCUT2D eigenvalue weighted by Crippen LogP contribution is 2.21. The van der Waals surface area contributed by atoms with Gasteiger partial charge < -0.3 is 14.7 Å². The van der Waals surface area contributed by atoms with Crippen molar-refractivity contribution in [1.29, 1.82) is 0 Å². The minimum absolute atomic E-state index is 0.0574. The molecule has 32 heavy (non-hydrogen) atoms. The van der Waals surface area contributed by atoms with Crippen LogP contribution in [0.4, 0.5) is 10.2 Å². The Morgan fingerprint density at radius 2 is 2.06 bits per heavy atom. The van der Waals surface area contributed by atoms with Crippen molar-refractivity contribution in [3.8, 4) is 11.4 Å². The van der Waals surface area contributed by atoms with Gasteiger partial charge in [0.05, 0.1) is 5.92 Å². The van der Waals surface area contributed by atoms with Crippen LogP contribution in [0.2, 0.25) is 0 Å². The van der Waals surface area contributed by atoms with E-state index < -0.39 is 0 Å². The third-order valence-electron chi connectivity index (χ3n) is 5.52. The van der Waals surface area contributed by atoms with E-state index >= 15 is 0 Å². The SMILES string of the molecule is Cc1cccnc1NC(=O)C1CCCN(C(=O)CCc2nc(-c3ccc(F)cc3)no2)C1. The normalized spacial score (nSPS) is 16.1. The number of anilines is 1. The van der Waals surface area contributed by atoms with E-state index in [4.69, 9.17) is 4.52 Å².